The fourth-order valence-corrected chi connectivity index (χ4v) is 1.96. The summed E-state index contributed by atoms with van der Waals surface area (Å²) in [6.45, 7) is 1.04. The first-order valence-corrected chi connectivity index (χ1v) is 7.48. The van der Waals surface area contributed by atoms with E-state index in [1.807, 2.05) is 0 Å². The number of hydrogen-bond donors (Lipinski definition) is 2. The van der Waals surface area contributed by atoms with E-state index in [1.165, 1.54) is 0 Å². The molecule has 0 aromatic heterocycles. The number of carboxylic acids is 4. The molecule has 0 aliphatic heterocycles. The predicted molar refractivity (Wildman–Crippen MR) is 76.6 cm³/mol. The van der Waals surface area contributed by atoms with Crippen molar-refractivity contribution in [2.24, 2.45) is 0 Å². The van der Waals surface area contributed by atoms with Crippen molar-refractivity contribution >= 4 is 23.9 Å². The zero-order valence-electron chi connectivity index (χ0n) is 15.3. The second-order valence-electron chi connectivity index (χ2n) is 5.21. The molecule has 26 heavy (non-hydrogen) atoms. The monoisotopic (exact) mass is 392 g/mol. The SMILES string of the molecule is O=C([O-])CCN(CCC(=O)[O-])CCN(CCC(=O)O)CCC(=O)O.[Na+].[Na+]. The Morgan fingerprint density at radius 2 is 0.846 bits per heavy atom. The summed E-state index contributed by atoms with van der Waals surface area (Å²) in [7, 11) is 0. The molecule has 0 aliphatic carbocycles. The normalized spacial score (nSPS) is 10.1. The number of carbonyl (C=O) groups excluding carboxylic acids is 2. The van der Waals surface area contributed by atoms with E-state index in [1.54, 1.807) is 9.80 Å². The molecule has 0 unspecified atom stereocenters. The van der Waals surface area contributed by atoms with Gasteiger partial charge in [-0.2, -0.15) is 0 Å². The van der Waals surface area contributed by atoms with Crippen LogP contribution in [0.3, 0.4) is 0 Å². The Balaban J connectivity index is -0.00000264. The maximum atomic E-state index is 10.6. The topological polar surface area (TPSA) is 161 Å². The quantitative estimate of drug-likeness (QED) is 0.256. The molecule has 0 fully saturated rings. The molecule has 0 aliphatic rings. The summed E-state index contributed by atoms with van der Waals surface area (Å²) in [6, 6.07) is 0. The van der Waals surface area contributed by atoms with Crippen molar-refractivity contribution in [2.45, 2.75) is 25.7 Å². The van der Waals surface area contributed by atoms with Crippen LogP contribution in [0.4, 0.5) is 0 Å². The summed E-state index contributed by atoms with van der Waals surface area (Å²) >= 11 is 0. The Morgan fingerprint density at radius 1 is 0.577 bits per heavy atom. The van der Waals surface area contributed by atoms with E-state index < -0.39 is 23.9 Å². The fourth-order valence-electron chi connectivity index (χ4n) is 1.96. The van der Waals surface area contributed by atoms with Gasteiger partial charge in [0.2, 0.25) is 0 Å². The minimum absolute atomic E-state index is 0. The Morgan fingerprint density at radius 3 is 1.08 bits per heavy atom. The van der Waals surface area contributed by atoms with E-state index in [4.69, 9.17) is 10.2 Å². The summed E-state index contributed by atoms with van der Waals surface area (Å²) in [5.41, 5.74) is 0. The fraction of sp³-hybridized carbons (Fsp3) is 0.714. The van der Waals surface area contributed by atoms with Crippen LogP contribution >= 0.6 is 0 Å². The van der Waals surface area contributed by atoms with Crippen molar-refractivity contribution in [3.05, 3.63) is 0 Å². The smallest absolute Gasteiger partial charge is 0.550 e. The minimum atomic E-state index is -1.26. The molecule has 138 valence electrons. The average Bonchev–Trinajstić information content (AvgIpc) is 2.47. The van der Waals surface area contributed by atoms with E-state index in [0.717, 1.165) is 0 Å². The third kappa shape index (κ3) is 20.1. The first kappa shape index (κ1) is 30.5. The molecule has 0 heterocycles. The number of aliphatic carboxylic acids is 4. The number of carbonyl (C=O) groups is 4. The summed E-state index contributed by atoms with van der Waals surface area (Å²) in [5, 5.41) is 38.5. The Hall–Kier alpha value is -0.200. The molecule has 0 aromatic rings. The van der Waals surface area contributed by atoms with Crippen LogP contribution in [0.1, 0.15) is 25.7 Å². The molecular weight excluding hydrogens is 370 g/mol. The second-order valence-corrected chi connectivity index (χ2v) is 5.21. The van der Waals surface area contributed by atoms with Gasteiger partial charge in [-0.25, -0.2) is 0 Å². The predicted octanol–water partition coefficient (Wildman–Crippen LogP) is -9.17. The average molecular weight is 392 g/mol. The number of nitrogens with zero attached hydrogens (tertiary/aromatic N) is 2. The largest absolute Gasteiger partial charge is 1.00 e. The molecular formula is C14H22N2Na2O8. The molecule has 0 saturated heterocycles. The molecule has 0 amide bonds. The maximum Gasteiger partial charge on any atom is 1.00 e. The van der Waals surface area contributed by atoms with Crippen LogP contribution in [0.2, 0.25) is 0 Å². The molecule has 10 nitrogen and oxygen atoms in total. The third-order valence-corrected chi connectivity index (χ3v) is 3.28. The standard InChI is InChI=1S/C14H24N2O8.2Na/c17-11(18)1-5-15(6-2-12(19)20)9-10-16(7-3-13(21)22)8-4-14(23)24;;/h1-10H2,(H,17,18)(H,19,20)(H,21,22)(H,23,24);;/q;2*+1/p-2. The van der Waals surface area contributed by atoms with Crippen molar-refractivity contribution in [1.82, 2.24) is 9.80 Å². The second kappa shape index (κ2) is 18.2. The van der Waals surface area contributed by atoms with Gasteiger partial charge in [-0.3, -0.25) is 9.59 Å². The maximum absolute atomic E-state index is 10.6. The van der Waals surface area contributed by atoms with Gasteiger partial charge in [0.05, 0.1) is 12.8 Å². The molecule has 2 N–H and O–H groups in total. The van der Waals surface area contributed by atoms with Gasteiger partial charge in [-0.15, -0.1) is 0 Å². The Bertz CT molecular complexity index is 375. The molecule has 0 aromatic carbocycles. The molecule has 0 bridgehead atoms. The number of rotatable bonds is 15. The summed E-state index contributed by atoms with van der Waals surface area (Å²) in [5.74, 6) is -4.55. The first-order valence-electron chi connectivity index (χ1n) is 7.48. The molecule has 0 spiro atoms. The van der Waals surface area contributed by atoms with E-state index >= 15 is 0 Å². The van der Waals surface area contributed by atoms with Gasteiger partial charge in [0.25, 0.3) is 0 Å². The van der Waals surface area contributed by atoms with Gasteiger partial charge in [-0.1, -0.05) is 0 Å². The summed E-state index contributed by atoms with van der Waals surface area (Å²) < 4.78 is 0. The van der Waals surface area contributed by atoms with Crippen molar-refractivity contribution in [3.63, 3.8) is 0 Å². The van der Waals surface area contributed by atoms with Crippen LogP contribution in [0.25, 0.3) is 0 Å². The van der Waals surface area contributed by atoms with Gasteiger partial charge in [0, 0.05) is 51.2 Å². The van der Waals surface area contributed by atoms with Gasteiger partial charge in [-0.05, 0) is 12.8 Å². The van der Waals surface area contributed by atoms with Crippen LogP contribution in [0, 0.1) is 0 Å². The van der Waals surface area contributed by atoms with Gasteiger partial charge < -0.3 is 39.8 Å². The third-order valence-electron chi connectivity index (χ3n) is 3.28. The van der Waals surface area contributed by atoms with Crippen molar-refractivity contribution in [3.8, 4) is 0 Å². The molecule has 0 radical (unpaired) electrons. The van der Waals surface area contributed by atoms with Crippen LogP contribution in [-0.2, 0) is 19.2 Å². The zero-order valence-corrected chi connectivity index (χ0v) is 19.3. The molecule has 12 heteroatoms. The molecule has 0 atom stereocenters. The zero-order chi connectivity index (χ0) is 18.5. The van der Waals surface area contributed by atoms with E-state index in [-0.39, 0.29) is 118 Å². The van der Waals surface area contributed by atoms with E-state index in [2.05, 4.69) is 0 Å². The van der Waals surface area contributed by atoms with Crippen LogP contribution in [-0.4, -0.2) is 83.2 Å². The van der Waals surface area contributed by atoms with E-state index in [9.17, 15) is 29.4 Å². The summed E-state index contributed by atoms with van der Waals surface area (Å²) in [4.78, 5) is 45.5. The van der Waals surface area contributed by atoms with Crippen molar-refractivity contribution in [2.75, 3.05) is 39.3 Å². The van der Waals surface area contributed by atoms with Gasteiger partial charge in [0.1, 0.15) is 0 Å². The van der Waals surface area contributed by atoms with Crippen LogP contribution in [0.5, 0.6) is 0 Å². The minimum Gasteiger partial charge on any atom is -0.550 e. The van der Waals surface area contributed by atoms with Crippen molar-refractivity contribution < 1.29 is 98.7 Å². The first-order chi connectivity index (χ1) is 11.2. The summed E-state index contributed by atoms with van der Waals surface area (Å²) in [6.07, 6.45) is -0.843. The number of carboxylic acid groups (broad SMARTS) is 4. The molecule has 0 rings (SSSR count). The Kier molecular flexibility index (Phi) is 21.3. The number of hydrogen-bond acceptors (Lipinski definition) is 8. The van der Waals surface area contributed by atoms with Gasteiger partial charge in [0.15, 0.2) is 0 Å². The van der Waals surface area contributed by atoms with Crippen molar-refractivity contribution in [1.29, 1.82) is 0 Å². The van der Waals surface area contributed by atoms with Crippen LogP contribution in [0.15, 0.2) is 0 Å². The Labute approximate surface area is 196 Å². The molecule has 0 saturated carbocycles. The van der Waals surface area contributed by atoms with Gasteiger partial charge >= 0.3 is 71.1 Å². The van der Waals surface area contributed by atoms with E-state index in [0.29, 0.717) is 6.54 Å². The van der Waals surface area contributed by atoms with Crippen LogP contribution < -0.4 is 69.3 Å².